The molecule has 3 saturated carbocycles. The molecule has 2 bridgehead atoms. The van der Waals surface area contributed by atoms with Gasteiger partial charge in [0.25, 0.3) is 0 Å². The fourth-order valence-electron chi connectivity index (χ4n) is 3.59. The average Bonchev–Trinajstić information content (AvgIpc) is 2.10. The summed E-state index contributed by atoms with van der Waals surface area (Å²) in [5, 5.41) is 0. The molecule has 4 rings (SSSR count). The largest absolute Gasteiger partial charge is 0.126 e. The lowest BCUT2D eigenvalue weighted by Gasteiger charge is -2.71. The molecule has 3 aliphatic rings. The van der Waals surface area contributed by atoms with Crippen LogP contribution >= 0.6 is 11.6 Å². The minimum Gasteiger partial charge on any atom is -0.126 e. The van der Waals surface area contributed by atoms with Gasteiger partial charge in [0, 0.05) is 5.88 Å². The molecular weight excluding hydrogens is 192 g/mol. The Labute approximate surface area is 90.3 Å². The van der Waals surface area contributed by atoms with E-state index in [0.29, 0.717) is 10.8 Å². The molecular formula is C13H15Cl. The predicted molar refractivity (Wildman–Crippen MR) is 59.6 cm³/mol. The molecule has 1 heteroatoms. The molecule has 1 aromatic rings. The Morgan fingerprint density at radius 2 is 1.64 bits per heavy atom. The summed E-state index contributed by atoms with van der Waals surface area (Å²) in [6.45, 7) is 0. The Morgan fingerprint density at radius 1 is 1.00 bits per heavy atom. The molecule has 0 aliphatic heterocycles. The monoisotopic (exact) mass is 206 g/mol. The Balaban J connectivity index is 1.67. The van der Waals surface area contributed by atoms with Gasteiger partial charge in [-0.15, -0.1) is 11.6 Å². The topological polar surface area (TPSA) is 0 Å². The van der Waals surface area contributed by atoms with Crippen LogP contribution in [0.5, 0.6) is 0 Å². The second-order valence-corrected chi connectivity index (χ2v) is 5.59. The van der Waals surface area contributed by atoms with E-state index in [-0.39, 0.29) is 0 Å². The van der Waals surface area contributed by atoms with Crippen LogP contribution in [0.2, 0.25) is 0 Å². The summed E-state index contributed by atoms with van der Waals surface area (Å²) in [6.07, 6.45) is 5.39. The number of rotatable bonds is 3. The van der Waals surface area contributed by atoms with Crippen LogP contribution < -0.4 is 0 Å². The van der Waals surface area contributed by atoms with E-state index in [4.69, 9.17) is 11.6 Å². The summed E-state index contributed by atoms with van der Waals surface area (Å²) < 4.78 is 0. The third-order valence-electron chi connectivity index (χ3n) is 3.96. The molecule has 0 heterocycles. The number of benzene rings is 1. The van der Waals surface area contributed by atoms with Crippen LogP contribution in [0.4, 0.5) is 0 Å². The van der Waals surface area contributed by atoms with Gasteiger partial charge in [0.1, 0.15) is 0 Å². The van der Waals surface area contributed by atoms with Crippen molar-refractivity contribution in [1.29, 1.82) is 0 Å². The minimum atomic E-state index is 0.566. The Hall–Kier alpha value is -0.490. The van der Waals surface area contributed by atoms with Crippen molar-refractivity contribution in [3.63, 3.8) is 0 Å². The summed E-state index contributed by atoms with van der Waals surface area (Å²) in [4.78, 5) is 0. The molecule has 0 amide bonds. The molecule has 0 saturated heterocycles. The van der Waals surface area contributed by atoms with Crippen molar-refractivity contribution >= 4 is 11.6 Å². The third kappa shape index (κ3) is 1.13. The lowest BCUT2D eigenvalue weighted by Crippen LogP contribution is -2.63. The minimum absolute atomic E-state index is 0.566. The molecule has 1 aromatic carbocycles. The molecule has 0 N–H and O–H groups in total. The number of alkyl halides is 1. The van der Waals surface area contributed by atoms with Gasteiger partial charge in [-0.05, 0) is 42.1 Å². The van der Waals surface area contributed by atoms with E-state index in [0.717, 1.165) is 5.88 Å². The van der Waals surface area contributed by atoms with Crippen LogP contribution in [-0.4, -0.2) is 5.88 Å². The van der Waals surface area contributed by atoms with E-state index in [9.17, 15) is 0 Å². The van der Waals surface area contributed by atoms with Gasteiger partial charge in [-0.25, -0.2) is 0 Å². The molecule has 0 nitrogen and oxygen atoms in total. The van der Waals surface area contributed by atoms with E-state index in [2.05, 4.69) is 30.3 Å². The highest BCUT2D eigenvalue weighted by Gasteiger charge is 2.66. The number of hydrogen-bond donors (Lipinski definition) is 0. The lowest BCUT2D eigenvalue weighted by molar-refractivity contribution is -0.186. The predicted octanol–water partition coefficient (Wildman–Crippen LogP) is 3.64. The standard InChI is InChI=1S/C13H15Cl/c14-10-13-7-12(8-13,9-13)6-11-4-2-1-3-5-11/h1-5H,6-10H2. The van der Waals surface area contributed by atoms with Gasteiger partial charge in [-0.2, -0.15) is 0 Å². The Morgan fingerprint density at radius 3 is 2.21 bits per heavy atom. The number of halogens is 1. The fourth-order valence-corrected chi connectivity index (χ4v) is 3.87. The first-order valence-electron chi connectivity index (χ1n) is 5.36. The van der Waals surface area contributed by atoms with E-state index in [1.54, 1.807) is 0 Å². The molecule has 74 valence electrons. The first kappa shape index (κ1) is 8.79. The maximum Gasteiger partial charge on any atom is 0.0280 e. The second kappa shape index (κ2) is 2.76. The van der Waals surface area contributed by atoms with Gasteiger partial charge in [0.05, 0.1) is 0 Å². The Kier molecular flexibility index (Phi) is 1.73. The van der Waals surface area contributed by atoms with Crippen LogP contribution in [0.3, 0.4) is 0 Å². The smallest absolute Gasteiger partial charge is 0.0280 e. The molecule has 0 radical (unpaired) electrons. The van der Waals surface area contributed by atoms with E-state index >= 15 is 0 Å². The van der Waals surface area contributed by atoms with Crippen molar-refractivity contribution in [3.8, 4) is 0 Å². The Bertz CT molecular complexity index is 322. The van der Waals surface area contributed by atoms with Crippen molar-refractivity contribution in [2.24, 2.45) is 10.8 Å². The highest BCUT2D eigenvalue weighted by atomic mass is 35.5. The zero-order chi connectivity index (χ0) is 9.65. The first-order chi connectivity index (χ1) is 6.76. The van der Waals surface area contributed by atoms with Crippen LogP contribution in [0.15, 0.2) is 30.3 Å². The van der Waals surface area contributed by atoms with Gasteiger partial charge < -0.3 is 0 Å². The molecule has 0 spiro atoms. The highest BCUT2D eigenvalue weighted by Crippen LogP contribution is 2.74. The van der Waals surface area contributed by atoms with Gasteiger partial charge >= 0.3 is 0 Å². The zero-order valence-corrected chi connectivity index (χ0v) is 9.06. The highest BCUT2D eigenvalue weighted by molar-refractivity contribution is 6.18. The van der Waals surface area contributed by atoms with Crippen molar-refractivity contribution in [3.05, 3.63) is 35.9 Å². The maximum atomic E-state index is 5.95. The van der Waals surface area contributed by atoms with Gasteiger partial charge in [0.2, 0.25) is 0 Å². The number of hydrogen-bond acceptors (Lipinski definition) is 0. The molecule has 14 heavy (non-hydrogen) atoms. The molecule has 3 aliphatic carbocycles. The van der Waals surface area contributed by atoms with Crippen molar-refractivity contribution < 1.29 is 0 Å². The van der Waals surface area contributed by atoms with Crippen LogP contribution in [0.25, 0.3) is 0 Å². The van der Waals surface area contributed by atoms with Crippen LogP contribution in [0, 0.1) is 10.8 Å². The van der Waals surface area contributed by atoms with Crippen LogP contribution in [-0.2, 0) is 6.42 Å². The maximum absolute atomic E-state index is 5.95. The van der Waals surface area contributed by atoms with E-state index < -0.39 is 0 Å². The summed E-state index contributed by atoms with van der Waals surface area (Å²) in [5.41, 5.74) is 2.71. The first-order valence-corrected chi connectivity index (χ1v) is 5.89. The third-order valence-corrected chi connectivity index (χ3v) is 4.52. The summed E-state index contributed by atoms with van der Waals surface area (Å²) in [7, 11) is 0. The zero-order valence-electron chi connectivity index (χ0n) is 8.30. The normalized spacial score (nSPS) is 38.6. The quantitative estimate of drug-likeness (QED) is 0.663. The summed E-state index contributed by atoms with van der Waals surface area (Å²) in [6, 6.07) is 10.9. The van der Waals surface area contributed by atoms with Crippen molar-refractivity contribution in [2.45, 2.75) is 25.7 Å². The summed E-state index contributed by atoms with van der Waals surface area (Å²) >= 11 is 5.95. The molecule has 0 unspecified atom stereocenters. The van der Waals surface area contributed by atoms with Crippen molar-refractivity contribution in [1.82, 2.24) is 0 Å². The molecule has 0 aromatic heterocycles. The second-order valence-electron chi connectivity index (χ2n) is 5.33. The molecule has 0 atom stereocenters. The average molecular weight is 207 g/mol. The van der Waals surface area contributed by atoms with Gasteiger partial charge in [0.15, 0.2) is 0 Å². The van der Waals surface area contributed by atoms with E-state index in [1.165, 1.54) is 31.2 Å². The SMILES string of the molecule is ClCC12CC(Cc3ccccc3)(C1)C2. The lowest BCUT2D eigenvalue weighted by atomic mass is 9.35. The van der Waals surface area contributed by atoms with E-state index in [1.807, 2.05) is 0 Å². The molecule has 3 fully saturated rings. The summed E-state index contributed by atoms with van der Waals surface area (Å²) in [5.74, 6) is 0.879. The fraction of sp³-hybridized carbons (Fsp3) is 0.538. The van der Waals surface area contributed by atoms with Gasteiger partial charge in [-0.3, -0.25) is 0 Å². The van der Waals surface area contributed by atoms with Crippen molar-refractivity contribution in [2.75, 3.05) is 5.88 Å². The van der Waals surface area contributed by atoms with Gasteiger partial charge in [-0.1, -0.05) is 30.3 Å². The van der Waals surface area contributed by atoms with Crippen LogP contribution in [0.1, 0.15) is 24.8 Å².